The van der Waals surface area contributed by atoms with Crippen molar-refractivity contribution >= 4 is 32.1 Å². The molecule has 2 aromatic heterocycles. The van der Waals surface area contributed by atoms with Gasteiger partial charge in [0.05, 0.1) is 21.8 Å². The molecule has 0 amide bonds. The first-order valence-corrected chi connectivity index (χ1v) is 11.6. The van der Waals surface area contributed by atoms with Gasteiger partial charge in [-0.05, 0) is 56.7 Å². The van der Waals surface area contributed by atoms with E-state index in [-0.39, 0.29) is 6.10 Å². The number of nitrogens with zero attached hydrogens (tertiary/aromatic N) is 5. The van der Waals surface area contributed by atoms with Gasteiger partial charge in [0.25, 0.3) is 0 Å². The highest BCUT2D eigenvalue weighted by Gasteiger charge is 2.31. The number of fused-ring (bicyclic) bond motifs is 1. The van der Waals surface area contributed by atoms with Crippen LogP contribution in [0.15, 0.2) is 23.6 Å². The minimum Gasteiger partial charge on any atom is -0.474 e. The fourth-order valence-electron chi connectivity index (χ4n) is 3.11. The normalized spacial score (nSPS) is 17.1. The number of halogens is 1. The Hall–Kier alpha value is -2.09. The molecule has 0 saturated heterocycles. The van der Waals surface area contributed by atoms with Crippen molar-refractivity contribution in [2.45, 2.75) is 63.9 Å². The molecule has 0 unspecified atom stereocenters. The molecule has 8 nitrogen and oxygen atoms in total. The standard InChI is InChI=1S/C19H27ClN6O2S/c1-7-19(5,25-26-21)15-11-24-17(14-10-23-16(20)8-13(14)15)28-12(2)9-18(3,4)29(6,22)27/h8,10-12,22H,7,9H2,1-6H3/t12-,19+,29+/m0/s1. The predicted molar refractivity (Wildman–Crippen MR) is 117 cm³/mol. The fourth-order valence-corrected chi connectivity index (χ4v) is 3.82. The molecule has 0 aliphatic carbocycles. The zero-order valence-electron chi connectivity index (χ0n) is 17.6. The first-order chi connectivity index (χ1) is 13.3. The first kappa shape index (κ1) is 23.2. The molecule has 2 rings (SSSR count). The van der Waals surface area contributed by atoms with Crippen LogP contribution in [0.5, 0.6) is 5.88 Å². The Kier molecular flexibility index (Phi) is 6.67. The number of hydrogen-bond acceptors (Lipinski definition) is 6. The van der Waals surface area contributed by atoms with Crippen molar-refractivity contribution in [1.29, 1.82) is 4.78 Å². The Bertz CT molecular complexity index is 1070. The molecule has 0 fully saturated rings. The number of azide groups is 1. The summed E-state index contributed by atoms with van der Waals surface area (Å²) in [7, 11) is -2.75. The van der Waals surface area contributed by atoms with Gasteiger partial charge in [0.1, 0.15) is 5.15 Å². The Morgan fingerprint density at radius 2 is 2.00 bits per heavy atom. The average molecular weight is 439 g/mol. The third-order valence-corrected chi connectivity index (χ3v) is 7.86. The molecule has 2 heterocycles. The van der Waals surface area contributed by atoms with Crippen LogP contribution >= 0.6 is 11.6 Å². The second-order valence-corrected chi connectivity index (χ2v) is 11.3. The topological polar surface area (TPSA) is 125 Å². The zero-order valence-corrected chi connectivity index (χ0v) is 19.1. The average Bonchev–Trinajstić information content (AvgIpc) is 2.60. The highest BCUT2D eigenvalue weighted by Crippen LogP contribution is 2.38. The molecule has 29 heavy (non-hydrogen) atoms. The van der Waals surface area contributed by atoms with Crippen LogP contribution in [0.4, 0.5) is 0 Å². The molecule has 2 aromatic rings. The number of pyridine rings is 2. The highest BCUT2D eigenvalue weighted by molar-refractivity contribution is 7.93. The van der Waals surface area contributed by atoms with E-state index in [1.807, 2.05) is 20.8 Å². The summed E-state index contributed by atoms with van der Waals surface area (Å²) >= 11 is 6.13. The maximum absolute atomic E-state index is 12.2. The summed E-state index contributed by atoms with van der Waals surface area (Å²) in [6.45, 7) is 9.22. The smallest absolute Gasteiger partial charge is 0.223 e. The molecular weight excluding hydrogens is 412 g/mol. The van der Waals surface area contributed by atoms with E-state index < -0.39 is 20.0 Å². The number of ether oxygens (including phenoxy) is 1. The second kappa shape index (κ2) is 8.34. The van der Waals surface area contributed by atoms with Crippen LogP contribution in [0.1, 0.15) is 53.0 Å². The zero-order chi connectivity index (χ0) is 22.0. The summed E-state index contributed by atoms with van der Waals surface area (Å²) in [5.74, 6) is 0.364. The second-order valence-electron chi connectivity index (χ2n) is 8.08. The van der Waals surface area contributed by atoms with E-state index in [1.54, 1.807) is 32.3 Å². The van der Waals surface area contributed by atoms with Gasteiger partial charge in [-0.3, -0.25) is 4.78 Å². The maximum Gasteiger partial charge on any atom is 0.223 e. The molecule has 1 N–H and O–H groups in total. The van der Waals surface area contributed by atoms with Crippen LogP contribution < -0.4 is 4.74 Å². The number of nitrogens with one attached hydrogen (secondary N) is 1. The summed E-state index contributed by atoms with van der Waals surface area (Å²) in [5, 5.41) is 5.68. The lowest BCUT2D eigenvalue weighted by Gasteiger charge is -2.29. The highest BCUT2D eigenvalue weighted by atomic mass is 35.5. The monoisotopic (exact) mass is 438 g/mol. The van der Waals surface area contributed by atoms with E-state index in [4.69, 9.17) is 26.6 Å². The Labute approximate surface area is 176 Å². The Morgan fingerprint density at radius 1 is 1.34 bits per heavy atom. The molecule has 0 spiro atoms. The lowest BCUT2D eigenvalue weighted by molar-refractivity contribution is 0.193. The van der Waals surface area contributed by atoms with Crippen molar-refractivity contribution in [1.82, 2.24) is 9.97 Å². The van der Waals surface area contributed by atoms with E-state index in [0.717, 1.165) is 10.9 Å². The quantitative estimate of drug-likeness (QED) is 0.240. The summed E-state index contributed by atoms with van der Waals surface area (Å²) in [6.07, 6.45) is 5.33. The number of hydrogen-bond donors (Lipinski definition) is 1. The molecule has 0 aromatic carbocycles. The van der Waals surface area contributed by atoms with Gasteiger partial charge < -0.3 is 4.74 Å². The Morgan fingerprint density at radius 3 is 2.55 bits per heavy atom. The summed E-state index contributed by atoms with van der Waals surface area (Å²) in [4.78, 5) is 11.6. The lowest BCUT2D eigenvalue weighted by atomic mass is 9.88. The van der Waals surface area contributed by atoms with Crippen molar-refractivity contribution in [3.05, 3.63) is 39.6 Å². The van der Waals surface area contributed by atoms with Gasteiger partial charge in [-0.25, -0.2) is 14.2 Å². The van der Waals surface area contributed by atoms with Gasteiger partial charge in [0, 0.05) is 39.7 Å². The largest absolute Gasteiger partial charge is 0.474 e. The van der Waals surface area contributed by atoms with Gasteiger partial charge in [0.2, 0.25) is 5.88 Å². The predicted octanol–water partition coefficient (Wildman–Crippen LogP) is 5.83. The van der Waals surface area contributed by atoms with Crippen LogP contribution in [0.25, 0.3) is 21.2 Å². The third kappa shape index (κ3) is 4.91. The number of rotatable bonds is 8. The minimum atomic E-state index is -2.75. The molecule has 3 atom stereocenters. The van der Waals surface area contributed by atoms with Crippen molar-refractivity contribution in [3.63, 3.8) is 0 Å². The molecule has 0 radical (unpaired) electrons. The molecule has 0 aliphatic rings. The van der Waals surface area contributed by atoms with Gasteiger partial charge in [-0.2, -0.15) is 0 Å². The number of aromatic nitrogens is 2. The van der Waals surface area contributed by atoms with Gasteiger partial charge >= 0.3 is 0 Å². The summed E-state index contributed by atoms with van der Waals surface area (Å²) in [5.41, 5.74) is 8.94. The van der Waals surface area contributed by atoms with E-state index in [2.05, 4.69) is 20.0 Å². The fraction of sp³-hybridized carbons (Fsp3) is 0.579. The third-order valence-electron chi connectivity index (χ3n) is 5.38. The molecule has 0 aliphatic heterocycles. The first-order valence-electron chi connectivity index (χ1n) is 9.25. The molecular formula is C19H27ClN6O2S. The summed E-state index contributed by atoms with van der Waals surface area (Å²) in [6, 6.07) is 1.71. The molecule has 0 bridgehead atoms. The van der Waals surface area contributed by atoms with Crippen molar-refractivity contribution in [3.8, 4) is 5.88 Å². The Balaban J connectivity index is 2.53. The summed E-state index contributed by atoms with van der Waals surface area (Å²) < 4.78 is 25.5. The van der Waals surface area contributed by atoms with Crippen molar-refractivity contribution in [2.75, 3.05) is 6.26 Å². The van der Waals surface area contributed by atoms with E-state index in [9.17, 15) is 4.21 Å². The van der Waals surface area contributed by atoms with Crippen LogP contribution in [0.2, 0.25) is 5.15 Å². The molecule has 158 valence electrons. The van der Waals surface area contributed by atoms with E-state index in [1.165, 1.54) is 6.26 Å². The maximum atomic E-state index is 12.2. The van der Waals surface area contributed by atoms with E-state index >= 15 is 0 Å². The van der Waals surface area contributed by atoms with Gasteiger partial charge in [-0.1, -0.05) is 23.6 Å². The minimum absolute atomic E-state index is 0.310. The van der Waals surface area contributed by atoms with Gasteiger partial charge in [-0.15, -0.1) is 0 Å². The van der Waals surface area contributed by atoms with Crippen LogP contribution in [0, 0.1) is 4.78 Å². The van der Waals surface area contributed by atoms with Crippen molar-refractivity contribution < 1.29 is 8.95 Å². The van der Waals surface area contributed by atoms with Crippen molar-refractivity contribution in [2.24, 2.45) is 5.11 Å². The van der Waals surface area contributed by atoms with Crippen LogP contribution in [-0.4, -0.2) is 31.3 Å². The molecule has 10 heteroatoms. The van der Waals surface area contributed by atoms with E-state index in [0.29, 0.717) is 29.3 Å². The SMILES string of the molecule is CC[C@@](C)(N=[N+]=[N-])c1cnc(O[C@@H](C)CC(C)(C)[S@](C)(=N)=O)c2cnc(Cl)cc12. The van der Waals surface area contributed by atoms with Crippen LogP contribution in [0.3, 0.4) is 0 Å². The van der Waals surface area contributed by atoms with Gasteiger partial charge in [0.15, 0.2) is 0 Å². The molecule has 0 saturated carbocycles. The van der Waals surface area contributed by atoms with Crippen LogP contribution in [-0.2, 0) is 15.3 Å². The lowest BCUT2D eigenvalue weighted by Crippen LogP contribution is -2.35.